The van der Waals surface area contributed by atoms with Crippen LogP contribution in [0.5, 0.6) is 0 Å². The molecule has 0 radical (unpaired) electrons. The minimum atomic E-state index is -1.52. The average Bonchev–Trinajstić information content (AvgIpc) is 2.66. The Labute approximate surface area is 182 Å². The smallest absolute Gasteiger partial charge is 0.327 e. The lowest BCUT2D eigenvalue weighted by Gasteiger charge is -2.23. The van der Waals surface area contributed by atoms with E-state index in [4.69, 9.17) is 21.7 Å². The number of rotatable bonds is 14. The molecule has 0 aromatic carbocycles. The summed E-state index contributed by atoms with van der Waals surface area (Å²) < 4.78 is 0. The molecular formula is C15H25N5O8S2. The number of hydrogen-bond acceptors (Lipinski definition) is 9. The summed E-state index contributed by atoms with van der Waals surface area (Å²) in [6, 6.07) is -5.37. The number of aliphatic carboxylic acids is 2. The van der Waals surface area contributed by atoms with E-state index in [1.165, 1.54) is 0 Å². The number of nitrogens with two attached hydrogens (primary N) is 2. The van der Waals surface area contributed by atoms with E-state index in [-0.39, 0.29) is 24.3 Å². The van der Waals surface area contributed by atoms with Gasteiger partial charge in [-0.3, -0.25) is 24.0 Å². The van der Waals surface area contributed by atoms with Crippen molar-refractivity contribution in [3.05, 3.63) is 0 Å². The maximum absolute atomic E-state index is 12.4. The Bertz CT molecular complexity index is 677. The van der Waals surface area contributed by atoms with Crippen molar-refractivity contribution < 1.29 is 39.0 Å². The summed E-state index contributed by atoms with van der Waals surface area (Å²) in [5.41, 5.74) is 10.6. The highest BCUT2D eigenvalue weighted by atomic mass is 32.1. The quantitative estimate of drug-likeness (QED) is 0.115. The fraction of sp³-hybridized carbons (Fsp3) is 0.600. The van der Waals surface area contributed by atoms with Crippen molar-refractivity contribution in [1.29, 1.82) is 0 Å². The third kappa shape index (κ3) is 10.3. The van der Waals surface area contributed by atoms with E-state index in [1.54, 1.807) is 0 Å². The van der Waals surface area contributed by atoms with Crippen LogP contribution >= 0.6 is 25.3 Å². The second-order valence-corrected chi connectivity index (χ2v) is 6.83. The second kappa shape index (κ2) is 13.7. The van der Waals surface area contributed by atoms with Crippen molar-refractivity contribution >= 4 is 60.8 Å². The van der Waals surface area contributed by atoms with Gasteiger partial charge in [0.25, 0.3) is 0 Å². The van der Waals surface area contributed by atoms with Crippen LogP contribution in [0.4, 0.5) is 0 Å². The van der Waals surface area contributed by atoms with Gasteiger partial charge in [-0.1, -0.05) is 0 Å². The molecule has 0 saturated carbocycles. The van der Waals surface area contributed by atoms with Gasteiger partial charge in [-0.15, -0.1) is 0 Å². The highest BCUT2D eigenvalue weighted by Crippen LogP contribution is 2.00. The number of hydrogen-bond donors (Lipinski definition) is 9. The number of thiol groups is 2. The van der Waals surface area contributed by atoms with Gasteiger partial charge in [0, 0.05) is 17.9 Å². The third-order valence-corrected chi connectivity index (χ3v) is 4.39. The van der Waals surface area contributed by atoms with Crippen LogP contribution in [0.15, 0.2) is 0 Å². The van der Waals surface area contributed by atoms with E-state index >= 15 is 0 Å². The van der Waals surface area contributed by atoms with Crippen LogP contribution in [0.1, 0.15) is 19.3 Å². The molecule has 0 aromatic rings. The number of carbonyl (C=O) groups excluding carboxylic acids is 4. The lowest BCUT2D eigenvalue weighted by molar-refractivity contribution is -0.142. The zero-order chi connectivity index (χ0) is 23.4. The predicted octanol–water partition coefficient (Wildman–Crippen LogP) is -3.55. The van der Waals surface area contributed by atoms with Crippen molar-refractivity contribution in [2.45, 2.75) is 43.4 Å². The number of nitrogens with one attached hydrogen (secondary N) is 3. The topological polar surface area (TPSA) is 231 Å². The lowest BCUT2D eigenvalue weighted by Crippen LogP contribution is -2.58. The van der Waals surface area contributed by atoms with E-state index < -0.39 is 66.2 Å². The van der Waals surface area contributed by atoms with Gasteiger partial charge < -0.3 is 37.6 Å². The molecule has 9 N–H and O–H groups in total. The molecule has 0 aliphatic heterocycles. The Hall–Kier alpha value is -2.52. The normalized spacial score (nSPS) is 14.5. The van der Waals surface area contributed by atoms with Crippen molar-refractivity contribution in [2.75, 3.05) is 11.5 Å². The monoisotopic (exact) mass is 467 g/mol. The molecule has 0 saturated heterocycles. The van der Waals surface area contributed by atoms with Crippen molar-refractivity contribution in [3.8, 4) is 0 Å². The van der Waals surface area contributed by atoms with E-state index in [0.29, 0.717) is 0 Å². The summed E-state index contributed by atoms with van der Waals surface area (Å²) in [6.45, 7) is 0. The molecule has 4 amide bonds. The van der Waals surface area contributed by atoms with E-state index in [2.05, 4.69) is 41.2 Å². The van der Waals surface area contributed by atoms with Crippen LogP contribution in [0, 0.1) is 0 Å². The van der Waals surface area contributed by atoms with Gasteiger partial charge in [0.05, 0.1) is 12.5 Å². The van der Waals surface area contributed by atoms with Gasteiger partial charge in [0.15, 0.2) is 0 Å². The van der Waals surface area contributed by atoms with Gasteiger partial charge in [-0.05, 0) is 6.42 Å². The molecule has 13 nitrogen and oxygen atoms in total. The first kappa shape index (κ1) is 27.5. The maximum atomic E-state index is 12.4. The highest BCUT2D eigenvalue weighted by molar-refractivity contribution is 7.80. The number of carboxylic acid groups (broad SMARTS) is 2. The van der Waals surface area contributed by atoms with Crippen molar-refractivity contribution in [3.63, 3.8) is 0 Å². The summed E-state index contributed by atoms with van der Waals surface area (Å²) >= 11 is 7.73. The zero-order valence-electron chi connectivity index (χ0n) is 15.7. The fourth-order valence-corrected chi connectivity index (χ4v) is 2.53. The first-order valence-corrected chi connectivity index (χ1v) is 9.80. The molecule has 4 atom stereocenters. The summed E-state index contributed by atoms with van der Waals surface area (Å²) in [5, 5.41) is 24.1. The average molecular weight is 468 g/mol. The molecule has 170 valence electrons. The third-order valence-electron chi connectivity index (χ3n) is 3.66. The molecule has 0 rings (SSSR count). The summed E-state index contributed by atoms with van der Waals surface area (Å²) in [4.78, 5) is 69.5. The van der Waals surface area contributed by atoms with Crippen LogP contribution in [0.25, 0.3) is 0 Å². The molecule has 0 aliphatic carbocycles. The summed E-state index contributed by atoms with van der Waals surface area (Å²) in [5.74, 6) is -6.67. The second-order valence-electron chi connectivity index (χ2n) is 6.10. The lowest BCUT2D eigenvalue weighted by atomic mass is 10.1. The van der Waals surface area contributed by atoms with Gasteiger partial charge in [0.2, 0.25) is 23.6 Å². The highest BCUT2D eigenvalue weighted by Gasteiger charge is 2.30. The largest absolute Gasteiger partial charge is 0.481 e. The predicted molar refractivity (Wildman–Crippen MR) is 110 cm³/mol. The molecule has 0 bridgehead atoms. The van der Waals surface area contributed by atoms with E-state index in [0.717, 1.165) is 0 Å². The van der Waals surface area contributed by atoms with Gasteiger partial charge in [0.1, 0.15) is 18.1 Å². The molecule has 0 fully saturated rings. The number of carboxylic acids is 2. The van der Waals surface area contributed by atoms with Crippen LogP contribution < -0.4 is 27.4 Å². The maximum Gasteiger partial charge on any atom is 0.327 e. The molecule has 0 aromatic heterocycles. The molecular weight excluding hydrogens is 442 g/mol. The fourth-order valence-electron chi connectivity index (χ4n) is 2.02. The minimum Gasteiger partial charge on any atom is -0.481 e. The zero-order valence-corrected chi connectivity index (χ0v) is 17.5. The van der Waals surface area contributed by atoms with Gasteiger partial charge in [-0.2, -0.15) is 25.3 Å². The first-order chi connectivity index (χ1) is 13.9. The first-order valence-electron chi connectivity index (χ1n) is 8.54. The Balaban J connectivity index is 5.14. The Morgan fingerprint density at radius 1 is 0.800 bits per heavy atom. The Morgan fingerprint density at radius 2 is 1.27 bits per heavy atom. The Morgan fingerprint density at radius 3 is 1.70 bits per heavy atom. The standard InChI is InChI=1S/C15H25N5O8S2/c16-6(1-2-11(22)23)12(24)19-8(4-29)14(26)18-7(3-10(17)21)13(25)20-9(5-30)15(27)28/h6-9,29-30H,1-5,16H2,(H2,17,21)(H,18,26)(H,19,24)(H,20,25)(H,22,23)(H,27,28). The van der Waals surface area contributed by atoms with E-state index in [9.17, 15) is 28.8 Å². The van der Waals surface area contributed by atoms with E-state index in [1.807, 2.05) is 0 Å². The molecule has 4 unspecified atom stereocenters. The van der Waals surface area contributed by atoms with Crippen LogP contribution in [0.2, 0.25) is 0 Å². The molecule has 30 heavy (non-hydrogen) atoms. The van der Waals surface area contributed by atoms with Gasteiger partial charge in [-0.25, -0.2) is 4.79 Å². The van der Waals surface area contributed by atoms with Crippen LogP contribution in [-0.4, -0.2) is 81.5 Å². The molecule has 0 spiro atoms. The summed E-state index contributed by atoms with van der Waals surface area (Å²) in [7, 11) is 0. The van der Waals surface area contributed by atoms with Crippen LogP contribution in [0.3, 0.4) is 0 Å². The van der Waals surface area contributed by atoms with Crippen LogP contribution in [-0.2, 0) is 28.8 Å². The number of amides is 4. The number of primary amides is 1. The molecule has 0 heterocycles. The van der Waals surface area contributed by atoms with Crippen molar-refractivity contribution in [1.82, 2.24) is 16.0 Å². The molecule has 15 heteroatoms. The van der Waals surface area contributed by atoms with Crippen molar-refractivity contribution in [2.24, 2.45) is 11.5 Å². The SMILES string of the molecule is NC(=O)CC(NC(=O)C(CS)NC(=O)C(N)CCC(=O)O)C(=O)NC(CS)C(=O)O. The summed E-state index contributed by atoms with van der Waals surface area (Å²) in [6.07, 6.45) is -1.17. The Kier molecular flexibility index (Phi) is 12.5. The molecule has 0 aliphatic rings. The number of carbonyl (C=O) groups is 6. The minimum absolute atomic E-state index is 0.172. The van der Waals surface area contributed by atoms with Gasteiger partial charge >= 0.3 is 11.9 Å².